The fraction of sp³-hybridized carbons (Fsp3) is 0.455. The number of nitrogens with one attached hydrogen (secondary N) is 2. The number of thiazole rings is 1. The van der Waals surface area contributed by atoms with Crippen molar-refractivity contribution in [1.82, 2.24) is 25.5 Å². The van der Waals surface area contributed by atoms with Crippen LogP contribution in [0.4, 0.5) is 0 Å². The van der Waals surface area contributed by atoms with Crippen LogP contribution in [0.2, 0.25) is 0 Å². The predicted molar refractivity (Wildman–Crippen MR) is 68.5 cm³/mol. The molecule has 2 aromatic heterocycles. The third kappa shape index (κ3) is 2.73. The average Bonchev–Trinajstić information content (AvgIpc) is 2.94. The maximum Gasteiger partial charge on any atom is 0.263 e. The highest BCUT2D eigenvalue weighted by Crippen LogP contribution is 2.24. The summed E-state index contributed by atoms with van der Waals surface area (Å²) in [6, 6.07) is 0. The van der Waals surface area contributed by atoms with Crippen LogP contribution in [0.3, 0.4) is 0 Å². The van der Waals surface area contributed by atoms with E-state index < -0.39 is 0 Å². The lowest BCUT2D eigenvalue weighted by atomic mass is 10.2. The van der Waals surface area contributed by atoms with Gasteiger partial charge in [0.1, 0.15) is 17.0 Å². The summed E-state index contributed by atoms with van der Waals surface area (Å²) in [4.78, 5) is 21.0. The van der Waals surface area contributed by atoms with Gasteiger partial charge in [-0.3, -0.25) is 9.89 Å². The van der Waals surface area contributed by atoms with Gasteiger partial charge in [0.15, 0.2) is 0 Å². The highest BCUT2D eigenvalue weighted by molar-refractivity contribution is 7.13. The number of carbonyl (C=O) groups excluding carboxylic acids is 1. The summed E-state index contributed by atoms with van der Waals surface area (Å²) in [6.45, 7) is 6.32. The molecule has 2 rings (SSSR count). The second kappa shape index (κ2) is 5.26. The lowest BCUT2D eigenvalue weighted by molar-refractivity contribution is 0.0953. The van der Waals surface area contributed by atoms with Gasteiger partial charge in [0.05, 0.1) is 17.2 Å². The standard InChI is InChI=1S/C11H15N5OS/c1-6(2)11-15-7(3)9(18-11)10(17)12-4-8-13-5-14-16-8/h5-6H,4H2,1-3H3,(H,12,17)(H,13,14,16). The first kappa shape index (κ1) is 12.7. The Morgan fingerprint density at radius 2 is 2.33 bits per heavy atom. The van der Waals surface area contributed by atoms with Crippen molar-refractivity contribution in [1.29, 1.82) is 0 Å². The Bertz CT molecular complexity index is 532. The third-order valence-electron chi connectivity index (χ3n) is 2.39. The fourth-order valence-electron chi connectivity index (χ4n) is 1.44. The Kier molecular flexibility index (Phi) is 3.71. The van der Waals surface area contributed by atoms with E-state index in [9.17, 15) is 4.79 Å². The van der Waals surface area contributed by atoms with Crippen LogP contribution in [0, 0.1) is 6.92 Å². The van der Waals surface area contributed by atoms with Gasteiger partial charge >= 0.3 is 0 Å². The number of hydrogen-bond donors (Lipinski definition) is 2. The lowest BCUT2D eigenvalue weighted by Gasteiger charge is -2.00. The van der Waals surface area contributed by atoms with Crippen molar-refractivity contribution >= 4 is 17.2 Å². The topological polar surface area (TPSA) is 83.6 Å². The zero-order valence-electron chi connectivity index (χ0n) is 10.5. The maximum absolute atomic E-state index is 12.0. The van der Waals surface area contributed by atoms with Crippen molar-refractivity contribution in [3.63, 3.8) is 0 Å². The van der Waals surface area contributed by atoms with Crippen LogP contribution >= 0.6 is 11.3 Å². The van der Waals surface area contributed by atoms with Gasteiger partial charge in [0.25, 0.3) is 5.91 Å². The number of hydrogen-bond acceptors (Lipinski definition) is 5. The molecule has 0 spiro atoms. The molecule has 18 heavy (non-hydrogen) atoms. The number of aromatic amines is 1. The molecule has 2 heterocycles. The van der Waals surface area contributed by atoms with Gasteiger partial charge in [0.2, 0.25) is 0 Å². The first-order valence-corrected chi connectivity index (χ1v) is 6.49. The Morgan fingerprint density at radius 1 is 1.56 bits per heavy atom. The van der Waals surface area contributed by atoms with Gasteiger partial charge in [-0.2, -0.15) is 5.10 Å². The molecule has 96 valence electrons. The van der Waals surface area contributed by atoms with Crippen molar-refractivity contribution in [2.75, 3.05) is 0 Å². The molecule has 0 unspecified atom stereocenters. The molecular weight excluding hydrogens is 250 g/mol. The minimum absolute atomic E-state index is 0.117. The van der Waals surface area contributed by atoms with E-state index in [1.165, 1.54) is 17.7 Å². The van der Waals surface area contributed by atoms with E-state index in [0.717, 1.165) is 10.7 Å². The molecule has 0 aliphatic rings. The Labute approximate surface area is 109 Å². The Hall–Kier alpha value is -1.76. The lowest BCUT2D eigenvalue weighted by Crippen LogP contribution is -2.23. The summed E-state index contributed by atoms with van der Waals surface area (Å²) >= 11 is 1.44. The molecule has 0 aliphatic heterocycles. The molecule has 0 bridgehead atoms. The van der Waals surface area contributed by atoms with E-state index >= 15 is 0 Å². The maximum atomic E-state index is 12.0. The molecule has 0 saturated heterocycles. The second-order valence-corrected chi connectivity index (χ2v) is 5.27. The van der Waals surface area contributed by atoms with E-state index in [4.69, 9.17) is 0 Å². The van der Waals surface area contributed by atoms with Crippen LogP contribution in [0.25, 0.3) is 0 Å². The van der Waals surface area contributed by atoms with E-state index in [2.05, 4.69) is 39.3 Å². The average molecular weight is 265 g/mol. The van der Waals surface area contributed by atoms with E-state index in [-0.39, 0.29) is 5.91 Å². The van der Waals surface area contributed by atoms with Gasteiger partial charge < -0.3 is 5.32 Å². The molecule has 0 radical (unpaired) electrons. The van der Waals surface area contributed by atoms with Gasteiger partial charge in [-0.1, -0.05) is 13.8 Å². The van der Waals surface area contributed by atoms with Crippen molar-refractivity contribution in [2.24, 2.45) is 0 Å². The zero-order chi connectivity index (χ0) is 13.1. The molecule has 0 aliphatic carbocycles. The van der Waals surface area contributed by atoms with Gasteiger partial charge in [0, 0.05) is 5.92 Å². The highest BCUT2D eigenvalue weighted by atomic mass is 32.1. The van der Waals surface area contributed by atoms with Crippen LogP contribution < -0.4 is 5.32 Å². The monoisotopic (exact) mass is 265 g/mol. The summed E-state index contributed by atoms with van der Waals surface area (Å²) in [6.07, 6.45) is 1.41. The van der Waals surface area contributed by atoms with Gasteiger partial charge in [-0.15, -0.1) is 11.3 Å². The smallest absolute Gasteiger partial charge is 0.263 e. The normalized spacial score (nSPS) is 10.9. The third-order valence-corrected chi connectivity index (χ3v) is 3.85. The minimum atomic E-state index is -0.117. The van der Waals surface area contributed by atoms with Crippen LogP contribution in [0.1, 0.15) is 46.0 Å². The van der Waals surface area contributed by atoms with E-state index in [0.29, 0.717) is 23.2 Å². The zero-order valence-corrected chi connectivity index (χ0v) is 11.3. The Balaban J connectivity index is 2.04. The van der Waals surface area contributed by atoms with Crippen molar-refractivity contribution in [3.05, 3.63) is 27.7 Å². The van der Waals surface area contributed by atoms with Crippen LogP contribution in [-0.4, -0.2) is 26.1 Å². The number of aromatic nitrogens is 4. The molecule has 6 nitrogen and oxygen atoms in total. The molecule has 7 heteroatoms. The summed E-state index contributed by atoms with van der Waals surface area (Å²) in [5, 5.41) is 10.2. The van der Waals surface area contributed by atoms with Crippen LogP contribution in [0.15, 0.2) is 6.33 Å². The Morgan fingerprint density at radius 3 is 2.89 bits per heavy atom. The quantitative estimate of drug-likeness (QED) is 0.880. The number of nitrogens with zero attached hydrogens (tertiary/aromatic N) is 3. The van der Waals surface area contributed by atoms with E-state index in [1.54, 1.807) is 0 Å². The highest BCUT2D eigenvalue weighted by Gasteiger charge is 2.16. The molecule has 0 fully saturated rings. The van der Waals surface area contributed by atoms with Crippen molar-refractivity contribution in [3.8, 4) is 0 Å². The molecular formula is C11H15N5OS. The largest absolute Gasteiger partial charge is 0.344 e. The number of aryl methyl sites for hydroxylation is 1. The summed E-state index contributed by atoms with van der Waals surface area (Å²) < 4.78 is 0. The SMILES string of the molecule is Cc1nc(C(C)C)sc1C(=O)NCc1ncn[nH]1. The molecule has 2 aromatic rings. The van der Waals surface area contributed by atoms with E-state index in [1.807, 2.05) is 6.92 Å². The van der Waals surface area contributed by atoms with Crippen molar-refractivity contribution in [2.45, 2.75) is 33.2 Å². The number of H-pyrrole nitrogens is 1. The molecule has 0 saturated carbocycles. The van der Waals surface area contributed by atoms with Crippen LogP contribution in [-0.2, 0) is 6.54 Å². The first-order valence-electron chi connectivity index (χ1n) is 5.67. The number of carbonyl (C=O) groups is 1. The second-order valence-electron chi connectivity index (χ2n) is 4.24. The van der Waals surface area contributed by atoms with Gasteiger partial charge in [-0.25, -0.2) is 9.97 Å². The summed E-state index contributed by atoms with van der Waals surface area (Å²) in [5.41, 5.74) is 0.777. The predicted octanol–water partition coefficient (Wildman–Crippen LogP) is 1.62. The van der Waals surface area contributed by atoms with Crippen molar-refractivity contribution < 1.29 is 4.79 Å². The molecule has 0 atom stereocenters. The summed E-state index contributed by atoms with van der Waals surface area (Å²) in [5.74, 6) is 0.854. The minimum Gasteiger partial charge on any atom is -0.344 e. The van der Waals surface area contributed by atoms with Crippen LogP contribution in [0.5, 0.6) is 0 Å². The summed E-state index contributed by atoms with van der Waals surface area (Å²) in [7, 11) is 0. The molecule has 2 N–H and O–H groups in total. The fourth-order valence-corrected chi connectivity index (χ4v) is 2.42. The number of amides is 1. The first-order chi connectivity index (χ1) is 8.58. The van der Waals surface area contributed by atoms with Gasteiger partial charge in [-0.05, 0) is 6.92 Å². The number of rotatable bonds is 4. The molecule has 0 aromatic carbocycles. The molecule has 1 amide bonds.